The number of halogens is 1. The van der Waals surface area contributed by atoms with Gasteiger partial charge in [0.25, 0.3) is 11.1 Å². The van der Waals surface area contributed by atoms with Gasteiger partial charge in [-0.1, -0.05) is 25.1 Å². The summed E-state index contributed by atoms with van der Waals surface area (Å²) in [6.45, 7) is 9.29. The number of rotatable bonds is 5. The molecule has 0 aromatic heterocycles. The maximum Gasteiger partial charge on any atom is 0.294 e. The maximum atomic E-state index is 13.8. The zero-order valence-corrected chi connectivity index (χ0v) is 20.5. The Morgan fingerprint density at radius 3 is 2.68 bits per heavy atom. The highest BCUT2D eigenvalue weighted by Gasteiger charge is 2.37. The molecule has 0 bridgehead atoms. The highest BCUT2D eigenvalue weighted by molar-refractivity contribution is 8.18. The van der Waals surface area contributed by atoms with Crippen LogP contribution in [0, 0.1) is 5.82 Å². The van der Waals surface area contributed by atoms with E-state index in [0.717, 1.165) is 35.2 Å². The van der Waals surface area contributed by atoms with Crippen LogP contribution >= 0.6 is 11.8 Å². The first kappa shape index (κ1) is 24.0. The lowest BCUT2D eigenvalue weighted by atomic mass is 9.79. The number of hydrogen-bond acceptors (Lipinski definition) is 5. The van der Waals surface area contributed by atoms with Gasteiger partial charge < -0.3 is 10.2 Å². The van der Waals surface area contributed by atoms with Crippen LogP contribution in [0.3, 0.4) is 0 Å². The highest BCUT2D eigenvalue weighted by Crippen LogP contribution is 2.44. The van der Waals surface area contributed by atoms with Gasteiger partial charge in [-0.15, -0.1) is 0 Å². The van der Waals surface area contributed by atoms with Crippen molar-refractivity contribution in [1.82, 2.24) is 4.90 Å². The van der Waals surface area contributed by atoms with Crippen molar-refractivity contribution in [3.8, 4) is 0 Å². The Labute approximate surface area is 203 Å². The number of thioether (sulfide) groups is 1. The number of fused-ring (bicyclic) bond motifs is 1. The summed E-state index contributed by atoms with van der Waals surface area (Å²) in [6, 6.07) is 11.8. The van der Waals surface area contributed by atoms with Crippen LogP contribution in [-0.4, -0.2) is 40.6 Å². The number of carbonyl (C=O) groups is 3. The molecule has 2 aliphatic heterocycles. The lowest BCUT2D eigenvalue weighted by Gasteiger charge is -2.47. The smallest absolute Gasteiger partial charge is 0.294 e. The first-order valence-corrected chi connectivity index (χ1v) is 12.1. The molecule has 6 nitrogen and oxygen atoms in total. The summed E-state index contributed by atoms with van der Waals surface area (Å²) in [7, 11) is 0. The third-order valence-electron chi connectivity index (χ3n) is 6.35. The van der Waals surface area contributed by atoms with Crippen molar-refractivity contribution in [2.75, 3.05) is 23.3 Å². The average molecular weight is 482 g/mol. The minimum Gasteiger partial charge on any atom is -0.366 e. The van der Waals surface area contributed by atoms with Gasteiger partial charge in [-0.2, -0.15) is 0 Å². The van der Waals surface area contributed by atoms with Gasteiger partial charge in [-0.05, 0) is 86.3 Å². The molecular weight excluding hydrogens is 453 g/mol. The topological polar surface area (TPSA) is 69.7 Å². The maximum absolute atomic E-state index is 13.8. The molecule has 2 aliphatic rings. The van der Waals surface area contributed by atoms with Gasteiger partial charge in [0.1, 0.15) is 12.4 Å². The van der Waals surface area contributed by atoms with Crippen LogP contribution in [0.2, 0.25) is 0 Å². The Morgan fingerprint density at radius 2 is 1.97 bits per heavy atom. The normalized spacial score (nSPS) is 20.6. The summed E-state index contributed by atoms with van der Waals surface area (Å²) in [5.74, 6) is -1.39. The van der Waals surface area contributed by atoms with Crippen LogP contribution in [-0.2, 0) is 9.59 Å². The van der Waals surface area contributed by atoms with Gasteiger partial charge in [-0.25, -0.2) is 4.39 Å². The second-order valence-corrected chi connectivity index (χ2v) is 10.3. The van der Waals surface area contributed by atoms with Crippen molar-refractivity contribution >= 4 is 46.3 Å². The molecule has 2 aromatic rings. The molecule has 1 N–H and O–H groups in total. The summed E-state index contributed by atoms with van der Waals surface area (Å²) >= 11 is 0.805. The van der Waals surface area contributed by atoms with E-state index in [9.17, 15) is 18.8 Å². The van der Waals surface area contributed by atoms with E-state index >= 15 is 0 Å². The molecule has 0 radical (unpaired) electrons. The highest BCUT2D eigenvalue weighted by atomic mass is 32.2. The van der Waals surface area contributed by atoms with Crippen molar-refractivity contribution < 1.29 is 18.8 Å². The second kappa shape index (κ2) is 9.25. The lowest BCUT2D eigenvalue weighted by Crippen LogP contribution is -2.48. The van der Waals surface area contributed by atoms with Gasteiger partial charge >= 0.3 is 0 Å². The number of para-hydroxylation sites is 1. The minimum atomic E-state index is -0.640. The SMILES string of the molecule is CCN1c2ccc(/C=C3/SC(=O)N(CC(=O)Nc4ccccc4F)C3=O)cc2C(C)CC1(C)C. The summed E-state index contributed by atoms with van der Waals surface area (Å²) < 4.78 is 13.8. The molecular formula is C26H28FN3O3S. The van der Waals surface area contributed by atoms with E-state index in [1.165, 1.54) is 29.4 Å². The van der Waals surface area contributed by atoms with Gasteiger partial charge in [0.15, 0.2) is 0 Å². The Balaban J connectivity index is 1.52. The zero-order chi connectivity index (χ0) is 24.6. The molecule has 2 heterocycles. The number of anilines is 2. The van der Waals surface area contributed by atoms with Crippen LogP contribution in [0.4, 0.5) is 20.6 Å². The first-order chi connectivity index (χ1) is 16.1. The molecule has 0 saturated carbocycles. The monoisotopic (exact) mass is 481 g/mol. The largest absolute Gasteiger partial charge is 0.366 e. The van der Waals surface area contributed by atoms with Crippen LogP contribution < -0.4 is 10.2 Å². The number of imide groups is 1. The number of hydrogen-bond donors (Lipinski definition) is 1. The summed E-state index contributed by atoms with van der Waals surface area (Å²) in [6.07, 6.45) is 2.72. The Kier molecular flexibility index (Phi) is 6.53. The third-order valence-corrected chi connectivity index (χ3v) is 7.25. The van der Waals surface area contributed by atoms with E-state index in [-0.39, 0.29) is 16.1 Å². The second-order valence-electron chi connectivity index (χ2n) is 9.28. The Hall–Kier alpha value is -3.13. The lowest BCUT2D eigenvalue weighted by molar-refractivity contribution is -0.127. The molecule has 1 fully saturated rings. The van der Waals surface area contributed by atoms with Gasteiger partial charge in [0.2, 0.25) is 5.91 Å². The van der Waals surface area contributed by atoms with Crippen molar-refractivity contribution in [1.29, 1.82) is 0 Å². The standard InChI is InChI=1S/C26H28FN3O3S/c1-5-30-21-11-10-17(12-18(21)16(2)14-26(30,3)4)13-22-24(32)29(25(33)34-22)15-23(31)28-20-9-7-6-8-19(20)27/h6-13,16H,5,14-15H2,1-4H3,(H,28,31)/b22-13+. The van der Waals surface area contributed by atoms with E-state index in [2.05, 4.69) is 50.0 Å². The van der Waals surface area contributed by atoms with Gasteiger partial charge in [-0.3, -0.25) is 19.3 Å². The molecule has 0 aliphatic carbocycles. The molecule has 1 unspecified atom stereocenters. The predicted octanol–water partition coefficient (Wildman–Crippen LogP) is 5.61. The van der Waals surface area contributed by atoms with Crippen molar-refractivity contribution in [2.24, 2.45) is 0 Å². The van der Waals surface area contributed by atoms with E-state index in [0.29, 0.717) is 5.92 Å². The third kappa shape index (κ3) is 4.59. The fourth-order valence-electron chi connectivity index (χ4n) is 4.88. The number of carbonyl (C=O) groups excluding carboxylic acids is 3. The zero-order valence-electron chi connectivity index (χ0n) is 19.7. The minimum absolute atomic E-state index is 0.00231. The Bertz CT molecular complexity index is 1190. The van der Waals surface area contributed by atoms with Crippen molar-refractivity contribution in [3.63, 3.8) is 0 Å². The van der Waals surface area contributed by atoms with Crippen LogP contribution in [0.1, 0.15) is 51.2 Å². The number of nitrogens with zero attached hydrogens (tertiary/aromatic N) is 2. The van der Waals surface area contributed by atoms with E-state index in [1.807, 2.05) is 6.07 Å². The van der Waals surface area contributed by atoms with Gasteiger partial charge in [0, 0.05) is 17.8 Å². The van der Waals surface area contributed by atoms with E-state index in [4.69, 9.17) is 0 Å². The number of benzene rings is 2. The first-order valence-electron chi connectivity index (χ1n) is 11.3. The summed E-state index contributed by atoms with van der Waals surface area (Å²) in [4.78, 5) is 41.2. The molecule has 3 amide bonds. The Morgan fingerprint density at radius 1 is 1.24 bits per heavy atom. The molecule has 4 rings (SSSR count). The van der Waals surface area contributed by atoms with E-state index < -0.39 is 29.4 Å². The van der Waals surface area contributed by atoms with Crippen molar-refractivity contribution in [3.05, 3.63) is 64.3 Å². The summed E-state index contributed by atoms with van der Waals surface area (Å²) in [5, 5.41) is 1.88. The summed E-state index contributed by atoms with van der Waals surface area (Å²) in [5.41, 5.74) is 3.32. The molecule has 0 spiro atoms. The van der Waals surface area contributed by atoms with Crippen LogP contribution in [0.15, 0.2) is 47.4 Å². The quantitative estimate of drug-likeness (QED) is 0.562. The molecule has 178 valence electrons. The molecule has 8 heteroatoms. The van der Waals surface area contributed by atoms with Crippen LogP contribution in [0.25, 0.3) is 6.08 Å². The number of amides is 3. The fourth-order valence-corrected chi connectivity index (χ4v) is 5.72. The van der Waals surface area contributed by atoms with Crippen molar-refractivity contribution in [2.45, 2.75) is 45.6 Å². The van der Waals surface area contributed by atoms with E-state index in [1.54, 1.807) is 12.1 Å². The average Bonchev–Trinajstić information content (AvgIpc) is 3.02. The molecule has 2 aromatic carbocycles. The number of nitrogens with one attached hydrogen (secondary N) is 1. The fraction of sp³-hybridized carbons (Fsp3) is 0.346. The molecule has 1 atom stereocenters. The van der Waals surface area contributed by atoms with Gasteiger partial charge in [0.05, 0.1) is 10.6 Å². The van der Waals surface area contributed by atoms with Crippen LogP contribution in [0.5, 0.6) is 0 Å². The molecule has 34 heavy (non-hydrogen) atoms. The predicted molar refractivity (Wildman–Crippen MR) is 134 cm³/mol. The molecule has 1 saturated heterocycles.